The van der Waals surface area contributed by atoms with Crippen LogP contribution in [0.15, 0.2) is 18.2 Å². The first-order chi connectivity index (χ1) is 6.72. The van der Waals surface area contributed by atoms with Gasteiger partial charge in [-0.1, -0.05) is 5.92 Å². The molecule has 1 rings (SSSR count). The average molecular weight is 187 g/mol. The smallest absolute Gasteiger partial charge is 0.0369 e. The molecule has 0 amide bonds. The third-order valence-electron chi connectivity index (χ3n) is 2.49. The molecular weight excluding hydrogens is 170 g/mol. The van der Waals surface area contributed by atoms with Gasteiger partial charge in [0.1, 0.15) is 0 Å². The average Bonchev–Trinajstić information content (AvgIpc) is 2.20. The molecule has 0 bridgehead atoms. The van der Waals surface area contributed by atoms with E-state index >= 15 is 0 Å². The van der Waals surface area contributed by atoms with Crippen LogP contribution < -0.4 is 4.90 Å². The first-order valence-corrected chi connectivity index (χ1v) is 5.05. The molecule has 1 aromatic rings. The monoisotopic (exact) mass is 187 g/mol. The largest absolute Gasteiger partial charge is 0.372 e. The molecule has 0 spiro atoms. The van der Waals surface area contributed by atoms with Gasteiger partial charge in [0.15, 0.2) is 0 Å². The fraction of sp³-hybridized carbons (Fsp3) is 0.385. The van der Waals surface area contributed by atoms with Crippen molar-refractivity contribution in [3.8, 4) is 12.3 Å². The highest BCUT2D eigenvalue weighted by molar-refractivity contribution is 5.53. The molecule has 74 valence electrons. The van der Waals surface area contributed by atoms with Gasteiger partial charge in [0.2, 0.25) is 0 Å². The second-order valence-corrected chi connectivity index (χ2v) is 3.32. The van der Waals surface area contributed by atoms with E-state index in [2.05, 4.69) is 43.7 Å². The second kappa shape index (κ2) is 4.72. The second-order valence-electron chi connectivity index (χ2n) is 3.32. The lowest BCUT2D eigenvalue weighted by Crippen LogP contribution is -2.21. The quantitative estimate of drug-likeness (QED) is 0.658. The molecule has 0 aliphatic carbocycles. The Morgan fingerprint density at radius 3 is 2.36 bits per heavy atom. The van der Waals surface area contributed by atoms with Crippen LogP contribution in [0.1, 0.15) is 25.0 Å². The lowest BCUT2D eigenvalue weighted by atomic mass is 10.1. The van der Waals surface area contributed by atoms with Gasteiger partial charge in [0.25, 0.3) is 0 Å². The Labute approximate surface area is 86.7 Å². The summed E-state index contributed by atoms with van der Waals surface area (Å²) in [6.45, 7) is 8.45. The maximum absolute atomic E-state index is 5.38. The van der Waals surface area contributed by atoms with Crippen LogP contribution in [-0.2, 0) is 0 Å². The van der Waals surface area contributed by atoms with E-state index in [-0.39, 0.29) is 0 Å². The van der Waals surface area contributed by atoms with E-state index in [0.29, 0.717) is 0 Å². The Morgan fingerprint density at radius 2 is 1.93 bits per heavy atom. The lowest BCUT2D eigenvalue weighted by Gasteiger charge is -2.21. The molecule has 1 aromatic carbocycles. The predicted octanol–water partition coefficient (Wildman–Crippen LogP) is 2.82. The molecule has 1 nitrogen and oxygen atoms in total. The Kier molecular flexibility index (Phi) is 3.59. The van der Waals surface area contributed by atoms with E-state index in [1.807, 2.05) is 6.07 Å². The summed E-state index contributed by atoms with van der Waals surface area (Å²) < 4.78 is 0. The Morgan fingerprint density at radius 1 is 1.29 bits per heavy atom. The predicted molar refractivity (Wildman–Crippen MR) is 62.7 cm³/mol. The highest BCUT2D eigenvalue weighted by atomic mass is 15.1. The number of anilines is 1. The molecule has 0 heterocycles. The first-order valence-electron chi connectivity index (χ1n) is 5.05. The zero-order valence-corrected chi connectivity index (χ0v) is 9.17. The number of hydrogen-bond acceptors (Lipinski definition) is 1. The summed E-state index contributed by atoms with van der Waals surface area (Å²) >= 11 is 0. The lowest BCUT2D eigenvalue weighted by molar-refractivity contribution is 0.865. The van der Waals surface area contributed by atoms with Crippen molar-refractivity contribution < 1.29 is 0 Å². The molecule has 0 aromatic heterocycles. The van der Waals surface area contributed by atoms with Crippen molar-refractivity contribution >= 4 is 5.69 Å². The zero-order valence-electron chi connectivity index (χ0n) is 9.17. The van der Waals surface area contributed by atoms with Crippen molar-refractivity contribution in [2.24, 2.45) is 0 Å². The van der Waals surface area contributed by atoms with Crippen LogP contribution in [0.25, 0.3) is 0 Å². The minimum absolute atomic E-state index is 0.987. The Hall–Kier alpha value is -1.42. The summed E-state index contributed by atoms with van der Waals surface area (Å²) in [6.07, 6.45) is 5.38. The number of hydrogen-bond donors (Lipinski definition) is 0. The first kappa shape index (κ1) is 10.7. The number of aryl methyl sites for hydroxylation is 1. The summed E-state index contributed by atoms with van der Waals surface area (Å²) in [5, 5.41) is 0. The normalized spacial score (nSPS) is 9.57. The van der Waals surface area contributed by atoms with Crippen LogP contribution in [0.2, 0.25) is 0 Å². The summed E-state index contributed by atoms with van der Waals surface area (Å²) in [5.74, 6) is 2.68. The van der Waals surface area contributed by atoms with Crippen LogP contribution in [0.5, 0.6) is 0 Å². The van der Waals surface area contributed by atoms with E-state index in [1.54, 1.807) is 0 Å². The SMILES string of the molecule is C#Cc1ccc(N(CC)CC)cc1C. The fourth-order valence-electron chi connectivity index (χ4n) is 1.60. The van der Waals surface area contributed by atoms with Gasteiger partial charge < -0.3 is 4.90 Å². The highest BCUT2D eigenvalue weighted by Crippen LogP contribution is 2.18. The molecule has 0 saturated heterocycles. The molecule has 0 aliphatic rings. The molecule has 0 fully saturated rings. The Balaban J connectivity index is 3.02. The van der Waals surface area contributed by atoms with Crippen molar-refractivity contribution in [2.75, 3.05) is 18.0 Å². The van der Waals surface area contributed by atoms with Gasteiger partial charge in [-0.2, -0.15) is 0 Å². The van der Waals surface area contributed by atoms with Crippen LogP contribution in [0, 0.1) is 19.3 Å². The minimum Gasteiger partial charge on any atom is -0.372 e. The van der Waals surface area contributed by atoms with E-state index in [0.717, 1.165) is 18.7 Å². The summed E-state index contributed by atoms with van der Waals surface area (Å²) in [7, 11) is 0. The minimum atomic E-state index is 0.987. The van der Waals surface area contributed by atoms with Gasteiger partial charge in [-0.15, -0.1) is 6.42 Å². The van der Waals surface area contributed by atoms with Gasteiger partial charge in [-0.3, -0.25) is 0 Å². The number of terminal acetylenes is 1. The van der Waals surface area contributed by atoms with Crippen LogP contribution in [-0.4, -0.2) is 13.1 Å². The van der Waals surface area contributed by atoms with Gasteiger partial charge in [0.05, 0.1) is 0 Å². The van der Waals surface area contributed by atoms with Gasteiger partial charge >= 0.3 is 0 Å². The number of nitrogens with zero attached hydrogens (tertiary/aromatic N) is 1. The molecule has 0 saturated carbocycles. The van der Waals surface area contributed by atoms with Crippen LogP contribution >= 0.6 is 0 Å². The summed E-state index contributed by atoms with van der Waals surface area (Å²) in [6, 6.07) is 6.26. The van der Waals surface area contributed by atoms with Gasteiger partial charge in [-0.25, -0.2) is 0 Å². The molecule has 0 N–H and O–H groups in total. The van der Waals surface area contributed by atoms with Crippen molar-refractivity contribution in [1.82, 2.24) is 0 Å². The van der Waals surface area contributed by atoms with Crippen molar-refractivity contribution in [2.45, 2.75) is 20.8 Å². The van der Waals surface area contributed by atoms with E-state index in [9.17, 15) is 0 Å². The van der Waals surface area contributed by atoms with Gasteiger partial charge in [-0.05, 0) is 44.5 Å². The number of benzene rings is 1. The fourth-order valence-corrected chi connectivity index (χ4v) is 1.60. The maximum Gasteiger partial charge on any atom is 0.0369 e. The van der Waals surface area contributed by atoms with Crippen molar-refractivity contribution in [1.29, 1.82) is 0 Å². The summed E-state index contributed by atoms with van der Waals surface area (Å²) in [4.78, 5) is 2.31. The molecule has 0 unspecified atom stereocenters. The van der Waals surface area contributed by atoms with Gasteiger partial charge in [0, 0.05) is 24.3 Å². The molecule has 14 heavy (non-hydrogen) atoms. The topological polar surface area (TPSA) is 3.24 Å². The maximum atomic E-state index is 5.38. The van der Waals surface area contributed by atoms with E-state index < -0.39 is 0 Å². The van der Waals surface area contributed by atoms with Crippen LogP contribution in [0.3, 0.4) is 0 Å². The third kappa shape index (κ3) is 2.09. The molecule has 0 atom stereocenters. The number of rotatable bonds is 3. The third-order valence-corrected chi connectivity index (χ3v) is 2.49. The molecule has 1 heteroatoms. The van der Waals surface area contributed by atoms with E-state index in [4.69, 9.17) is 6.42 Å². The van der Waals surface area contributed by atoms with E-state index in [1.165, 1.54) is 11.3 Å². The molecular formula is C13H17N. The van der Waals surface area contributed by atoms with Crippen LogP contribution in [0.4, 0.5) is 5.69 Å². The molecule has 0 radical (unpaired) electrons. The zero-order chi connectivity index (χ0) is 10.6. The van der Waals surface area contributed by atoms with Crippen molar-refractivity contribution in [3.63, 3.8) is 0 Å². The highest BCUT2D eigenvalue weighted by Gasteiger charge is 2.02. The summed E-state index contributed by atoms with van der Waals surface area (Å²) in [5.41, 5.74) is 3.42. The molecule has 0 aliphatic heterocycles. The standard InChI is InChI=1S/C13H17N/c1-5-12-8-9-13(10-11(12)4)14(6-2)7-3/h1,8-10H,6-7H2,2-4H3. The Bertz CT molecular complexity index is 343. The van der Waals surface area contributed by atoms with Crippen molar-refractivity contribution in [3.05, 3.63) is 29.3 Å².